The number of hydrogen-bond acceptors (Lipinski definition) is 4. The SMILES string of the molecule is COc1ccc(CCNC(=O)[C@H](c2ccccc2)N(Cc2ccccc2)C(=O)Cc2ccccc2)cc1OC. The highest BCUT2D eigenvalue weighted by Gasteiger charge is 2.31. The molecule has 0 bridgehead atoms. The van der Waals surface area contributed by atoms with Gasteiger partial charge in [0.25, 0.3) is 0 Å². The van der Waals surface area contributed by atoms with Crippen molar-refractivity contribution >= 4 is 11.8 Å². The quantitative estimate of drug-likeness (QED) is 0.271. The topological polar surface area (TPSA) is 67.9 Å². The van der Waals surface area contributed by atoms with E-state index in [0.717, 1.165) is 22.3 Å². The highest BCUT2D eigenvalue weighted by Crippen LogP contribution is 2.28. The summed E-state index contributed by atoms with van der Waals surface area (Å²) in [6, 6.07) is 33.8. The maximum atomic E-state index is 13.8. The van der Waals surface area contributed by atoms with Gasteiger partial charge in [-0.25, -0.2) is 0 Å². The number of carbonyl (C=O) groups is 2. The molecule has 39 heavy (non-hydrogen) atoms. The summed E-state index contributed by atoms with van der Waals surface area (Å²) in [6.07, 6.45) is 0.806. The largest absolute Gasteiger partial charge is 0.493 e. The third kappa shape index (κ3) is 7.48. The van der Waals surface area contributed by atoms with Gasteiger partial charge in [0.2, 0.25) is 11.8 Å². The fourth-order valence-electron chi connectivity index (χ4n) is 4.55. The lowest BCUT2D eigenvalue weighted by molar-refractivity contribution is -0.141. The van der Waals surface area contributed by atoms with Crippen LogP contribution in [0.4, 0.5) is 0 Å². The first-order valence-corrected chi connectivity index (χ1v) is 13.0. The Kier molecular flexibility index (Phi) is 9.73. The molecule has 4 rings (SSSR count). The first kappa shape index (κ1) is 27.5. The Labute approximate surface area is 230 Å². The molecule has 0 fully saturated rings. The van der Waals surface area contributed by atoms with Gasteiger partial charge in [-0.1, -0.05) is 97.1 Å². The van der Waals surface area contributed by atoms with Crippen LogP contribution < -0.4 is 14.8 Å². The molecular weight excluding hydrogens is 488 g/mol. The van der Waals surface area contributed by atoms with Gasteiger partial charge in [0.15, 0.2) is 11.5 Å². The summed E-state index contributed by atoms with van der Waals surface area (Å²) in [5.74, 6) is 0.958. The number of methoxy groups -OCH3 is 2. The minimum atomic E-state index is -0.784. The fraction of sp³-hybridized carbons (Fsp3) is 0.212. The highest BCUT2D eigenvalue weighted by atomic mass is 16.5. The number of ether oxygens (including phenoxy) is 2. The summed E-state index contributed by atoms with van der Waals surface area (Å²) in [4.78, 5) is 29.3. The Bertz CT molecular complexity index is 1340. The Morgan fingerprint density at radius 2 is 1.31 bits per heavy atom. The predicted octanol–water partition coefficient (Wildman–Crippen LogP) is 5.38. The van der Waals surface area contributed by atoms with E-state index in [1.165, 1.54) is 0 Å². The molecular formula is C33H34N2O4. The number of nitrogens with one attached hydrogen (secondary N) is 1. The molecule has 6 heteroatoms. The third-order valence-corrected chi connectivity index (χ3v) is 6.55. The zero-order valence-corrected chi connectivity index (χ0v) is 22.4. The Morgan fingerprint density at radius 3 is 1.92 bits per heavy atom. The van der Waals surface area contributed by atoms with E-state index < -0.39 is 6.04 Å². The van der Waals surface area contributed by atoms with Crippen LogP contribution in [0.15, 0.2) is 109 Å². The summed E-state index contributed by atoms with van der Waals surface area (Å²) in [6.45, 7) is 0.721. The van der Waals surface area contributed by atoms with Crippen LogP contribution in [0.3, 0.4) is 0 Å². The van der Waals surface area contributed by atoms with Crippen LogP contribution in [0.1, 0.15) is 28.3 Å². The molecule has 0 spiro atoms. The standard InChI is InChI=1S/C33H34N2O4/c1-38-29-19-18-26(22-30(29)39-2)20-21-34-33(37)32(28-16-10-5-11-17-28)35(24-27-14-8-4-9-15-27)31(36)23-25-12-6-3-7-13-25/h3-19,22,32H,20-21,23-24H2,1-2H3,(H,34,37)/t32-/m0/s1. The van der Waals surface area contributed by atoms with Gasteiger partial charge in [-0.3, -0.25) is 9.59 Å². The normalized spacial score (nSPS) is 11.3. The van der Waals surface area contributed by atoms with Crippen LogP contribution in [0.25, 0.3) is 0 Å². The monoisotopic (exact) mass is 522 g/mol. The Hall–Kier alpha value is -4.58. The molecule has 1 N–H and O–H groups in total. The minimum Gasteiger partial charge on any atom is -0.493 e. The molecule has 0 heterocycles. The summed E-state index contributed by atoms with van der Waals surface area (Å²) in [5.41, 5.74) is 3.63. The molecule has 0 unspecified atom stereocenters. The van der Waals surface area contributed by atoms with Crippen LogP contribution in [-0.4, -0.2) is 37.5 Å². The number of benzene rings is 4. The van der Waals surface area contributed by atoms with E-state index in [9.17, 15) is 9.59 Å². The minimum absolute atomic E-state index is 0.117. The van der Waals surface area contributed by atoms with Gasteiger partial charge in [-0.05, 0) is 40.8 Å². The maximum Gasteiger partial charge on any atom is 0.247 e. The molecule has 4 aromatic carbocycles. The number of hydrogen-bond donors (Lipinski definition) is 1. The molecule has 0 saturated carbocycles. The van der Waals surface area contributed by atoms with Crippen molar-refractivity contribution in [2.75, 3.05) is 20.8 Å². The summed E-state index contributed by atoms with van der Waals surface area (Å²) >= 11 is 0. The van der Waals surface area contributed by atoms with Gasteiger partial charge in [0, 0.05) is 13.1 Å². The van der Waals surface area contributed by atoms with Gasteiger partial charge in [-0.15, -0.1) is 0 Å². The number of nitrogens with zero attached hydrogens (tertiary/aromatic N) is 1. The molecule has 2 amide bonds. The van der Waals surface area contributed by atoms with Crippen molar-refractivity contribution in [3.05, 3.63) is 131 Å². The fourth-order valence-corrected chi connectivity index (χ4v) is 4.55. The lowest BCUT2D eigenvalue weighted by atomic mass is 10.0. The third-order valence-electron chi connectivity index (χ3n) is 6.55. The van der Waals surface area contributed by atoms with Crippen LogP contribution in [-0.2, 0) is 29.0 Å². The molecule has 1 atom stereocenters. The molecule has 0 aromatic heterocycles. The van der Waals surface area contributed by atoms with Gasteiger partial charge >= 0.3 is 0 Å². The molecule has 0 aliphatic rings. The first-order chi connectivity index (χ1) is 19.1. The predicted molar refractivity (Wildman–Crippen MR) is 153 cm³/mol. The second kappa shape index (κ2) is 13.8. The zero-order valence-electron chi connectivity index (χ0n) is 22.4. The van der Waals surface area contributed by atoms with E-state index in [2.05, 4.69) is 5.32 Å². The van der Waals surface area contributed by atoms with Crippen molar-refractivity contribution in [3.63, 3.8) is 0 Å². The van der Waals surface area contributed by atoms with E-state index >= 15 is 0 Å². The molecule has 6 nitrogen and oxygen atoms in total. The van der Waals surface area contributed by atoms with Gasteiger partial charge < -0.3 is 19.7 Å². The smallest absolute Gasteiger partial charge is 0.247 e. The average Bonchev–Trinajstić information content (AvgIpc) is 2.98. The first-order valence-electron chi connectivity index (χ1n) is 13.0. The highest BCUT2D eigenvalue weighted by molar-refractivity contribution is 5.89. The zero-order chi connectivity index (χ0) is 27.5. The van der Waals surface area contributed by atoms with E-state index in [-0.39, 0.29) is 18.2 Å². The van der Waals surface area contributed by atoms with E-state index in [4.69, 9.17) is 9.47 Å². The van der Waals surface area contributed by atoms with Crippen molar-refractivity contribution in [1.29, 1.82) is 0 Å². The summed E-state index contributed by atoms with van der Waals surface area (Å²) in [7, 11) is 3.20. The Balaban J connectivity index is 1.58. The number of amides is 2. The molecule has 200 valence electrons. The van der Waals surface area contributed by atoms with Crippen LogP contribution in [0.2, 0.25) is 0 Å². The molecule has 0 radical (unpaired) electrons. The second-order valence-electron chi connectivity index (χ2n) is 9.21. The van der Waals surface area contributed by atoms with Gasteiger partial charge in [-0.2, -0.15) is 0 Å². The van der Waals surface area contributed by atoms with E-state index in [1.807, 2.05) is 109 Å². The van der Waals surface area contributed by atoms with Crippen LogP contribution >= 0.6 is 0 Å². The van der Waals surface area contributed by atoms with E-state index in [0.29, 0.717) is 31.0 Å². The number of rotatable bonds is 12. The van der Waals surface area contributed by atoms with Gasteiger partial charge in [0.05, 0.1) is 20.6 Å². The average molecular weight is 523 g/mol. The van der Waals surface area contributed by atoms with Gasteiger partial charge in [0.1, 0.15) is 6.04 Å². The van der Waals surface area contributed by atoms with E-state index in [1.54, 1.807) is 19.1 Å². The summed E-state index contributed by atoms with van der Waals surface area (Å²) in [5, 5.41) is 3.08. The van der Waals surface area contributed by atoms with Crippen molar-refractivity contribution in [1.82, 2.24) is 10.2 Å². The summed E-state index contributed by atoms with van der Waals surface area (Å²) < 4.78 is 10.7. The molecule has 0 aliphatic carbocycles. The molecule has 0 aliphatic heterocycles. The second-order valence-corrected chi connectivity index (χ2v) is 9.21. The maximum absolute atomic E-state index is 13.8. The van der Waals surface area contributed by atoms with Crippen molar-refractivity contribution in [2.24, 2.45) is 0 Å². The lowest BCUT2D eigenvalue weighted by Crippen LogP contribution is -2.44. The van der Waals surface area contributed by atoms with Crippen molar-refractivity contribution < 1.29 is 19.1 Å². The number of carbonyl (C=O) groups excluding carboxylic acids is 2. The lowest BCUT2D eigenvalue weighted by Gasteiger charge is -2.32. The van der Waals surface area contributed by atoms with Crippen molar-refractivity contribution in [3.8, 4) is 11.5 Å². The molecule has 0 saturated heterocycles. The van der Waals surface area contributed by atoms with Crippen molar-refractivity contribution in [2.45, 2.75) is 25.4 Å². The molecule has 4 aromatic rings. The van der Waals surface area contributed by atoms with Crippen LogP contribution in [0.5, 0.6) is 11.5 Å². The van der Waals surface area contributed by atoms with Crippen LogP contribution in [0, 0.1) is 0 Å². The Morgan fingerprint density at radius 1 is 0.718 bits per heavy atom.